The Labute approximate surface area is 142 Å². The molecular formula is C20H24N2O2. The highest BCUT2D eigenvalue weighted by molar-refractivity contribution is 5.79. The first-order valence-corrected chi connectivity index (χ1v) is 8.55. The van der Waals surface area contributed by atoms with Crippen molar-refractivity contribution in [1.82, 2.24) is 9.88 Å². The fraction of sp³-hybridized carbons (Fsp3) is 0.400. The van der Waals surface area contributed by atoms with Crippen molar-refractivity contribution in [2.75, 3.05) is 13.1 Å². The van der Waals surface area contributed by atoms with Crippen molar-refractivity contribution in [1.29, 1.82) is 0 Å². The number of carbonyl (C=O) groups excluding carboxylic acids is 1. The number of benzene rings is 1. The summed E-state index contributed by atoms with van der Waals surface area (Å²) in [6.45, 7) is 5.64. The zero-order chi connectivity index (χ0) is 17.1. The number of aryl methyl sites for hydroxylation is 2. The number of hydrogen-bond donors (Lipinski definition) is 1. The molecule has 2 aromatic rings. The summed E-state index contributed by atoms with van der Waals surface area (Å²) in [5.41, 5.74) is 4.52. The van der Waals surface area contributed by atoms with E-state index in [0.717, 1.165) is 37.1 Å². The average Bonchev–Trinajstić information content (AvgIpc) is 2.58. The molecule has 126 valence electrons. The van der Waals surface area contributed by atoms with Crippen molar-refractivity contribution in [2.45, 2.75) is 39.0 Å². The van der Waals surface area contributed by atoms with Crippen LogP contribution < -0.4 is 5.56 Å². The molecule has 0 atom stereocenters. The first-order chi connectivity index (χ1) is 11.5. The number of rotatable bonds is 3. The Morgan fingerprint density at radius 3 is 2.62 bits per heavy atom. The molecule has 1 aliphatic heterocycles. The van der Waals surface area contributed by atoms with Crippen LogP contribution in [0.1, 0.15) is 41.0 Å². The highest BCUT2D eigenvalue weighted by atomic mass is 16.2. The van der Waals surface area contributed by atoms with Gasteiger partial charge in [0.1, 0.15) is 0 Å². The minimum atomic E-state index is -0.0547. The lowest BCUT2D eigenvalue weighted by molar-refractivity contribution is -0.131. The number of nitrogens with zero attached hydrogens (tertiary/aromatic N) is 1. The Balaban J connectivity index is 1.61. The van der Waals surface area contributed by atoms with Gasteiger partial charge in [0.15, 0.2) is 0 Å². The van der Waals surface area contributed by atoms with Crippen molar-refractivity contribution >= 4 is 5.91 Å². The lowest BCUT2D eigenvalue weighted by Crippen LogP contribution is -2.39. The monoisotopic (exact) mass is 324 g/mol. The number of pyridine rings is 1. The van der Waals surface area contributed by atoms with E-state index in [1.54, 1.807) is 12.3 Å². The van der Waals surface area contributed by atoms with E-state index in [1.807, 2.05) is 11.0 Å². The fourth-order valence-electron chi connectivity index (χ4n) is 3.44. The highest BCUT2D eigenvalue weighted by Gasteiger charge is 2.24. The average molecular weight is 324 g/mol. The molecule has 3 rings (SSSR count). The predicted molar refractivity (Wildman–Crippen MR) is 95.2 cm³/mol. The van der Waals surface area contributed by atoms with Crippen molar-refractivity contribution < 1.29 is 4.79 Å². The predicted octanol–water partition coefficient (Wildman–Crippen LogP) is 2.94. The second kappa shape index (κ2) is 7.04. The van der Waals surface area contributed by atoms with Gasteiger partial charge in [-0.25, -0.2) is 0 Å². The first kappa shape index (κ1) is 16.5. The van der Waals surface area contributed by atoms with Crippen LogP contribution in [0.4, 0.5) is 0 Å². The summed E-state index contributed by atoms with van der Waals surface area (Å²) in [6.07, 6.45) is 4.02. The van der Waals surface area contributed by atoms with Crippen LogP contribution in [0.5, 0.6) is 0 Å². The molecule has 1 amide bonds. The summed E-state index contributed by atoms with van der Waals surface area (Å²) in [7, 11) is 0. The molecule has 0 aliphatic carbocycles. The van der Waals surface area contributed by atoms with Gasteiger partial charge in [-0.05, 0) is 55.4 Å². The molecule has 1 saturated heterocycles. The Bertz CT molecular complexity index is 786. The molecule has 1 aromatic heterocycles. The van der Waals surface area contributed by atoms with Crippen LogP contribution in [0, 0.1) is 13.8 Å². The molecule has 0 unspecified atom stereocenters. The van der Waals surface area contributed by atoms with Gasteiger partial charge in [0, 0.05) is 25.4 Å². The zero-order valence-corrected chi connectivity index (χ0v) is 14.3. The maximum atomic E-state index is 12.6. The third-order valence-electron chi connectivity index (χ3n) is 4.96. The van der Waals surface area contributed by atoms with Crippen LogP contribution in [-0.2, 0) is 11.2 Å². The van der Waals surface area contributed by atoms with Crippen LogP contribution in [0.2, 0.25) is 0 Å². The fourth-order valence-corrected chi connectivity index (χ4v) is 3.44. The lowest BCUT2D eigenvalue weighted by Gasteiger charge is -2.32. The van der Waals surface area contributed by atoms with Crippen molar-refractivity contribution in [3.63, 3.8) is 0 Å². The van der Waals surface area contributed by atoms with E-state index >= 15 is 0 Å². The maximum absolute atomic E-state index is 12.6. The number of hydrogen-bond acceptors (Lipinski definition) is 2. The van der Waals surface area contributed by atoms with Crippen LogP contribution in [-0.4, -0.2) is 28.9 Å². The lowest BCUT2D eigenvalue weighted by atomic mass is 9.90. The molecule has 2 heterocycles. The van der Waals surface area contributed by atoms with E-state index < -0.39 is 0 Å². The molecule has 1 aromatic carbocycles. The Hall–Kier alpha value is -2.36. The summed E-state index contributed by atoms with van der Waals surface area (Å²) in [5.74, 6) is 0.574. The molecule has 4 nitrogen and oxygen atoms in total. The normalized spacial score (nSPS) is 15.5. The smallest absolute Gasteiger partial charge is 0.248 e. The van der Waals surface area contributed by atoms with Gasteiger partial charge in [-0.2, -0.15) is 0 Å². The van der Waals surface area contributed by atoms with Crippen LogP contribution in [0.15, 0.2) is 41.3 Å². The third-order valence-corrected chi connectivity index (χ3v) is 4.96. The molecule has 1 N–H and O–H groups in total. The number of piperidine rings is 1. The molecule has 0 radical (unpaired) electrons. The second-order valence-corrected chi connectivity index (χ2v) is 6.75. The van der Waals surface area contributed by atoms with Crippen molar-refractivity contribution in [3.8, 4) is 0 Å². The van der Waals surface area contributed by atoms with Crippen molar-refractivity contribution in [2.24, 2.45) is 0 Å². The quantitative estimate of drug-likeness (QED) is 0.944. The second-order valence-electron chi connectivity index (χ2n) is 6.75. The summed E-state index contributed by atoms with van der Waals surface area (Å²) in [4.78, 5) is 28.7. The third kappa shape index (κ3) is 3.75. The molecule has 0 spiro atoms. The maximum Gasteiger partial charge on any atom is 0.248 e. The Morgan fingerprint density at radius 1 is 1.17 bits per heavy atom. The first-order valence-electron chi connectivity index (χ1n) is 8.55. The molecule has 0 bridgehead atoms. The number of aromatic amines is 1. The number of amides is 1. The summed E-state index contributed by atoms with van der Waals surface area (Å²) in [5, 5.41) is 0. The molecule has 1 aliphatic rings. The van der Waals surface area contributed by atoms with Gasteiger partial charge in [-0.15, -0.1) is 0 Å². The topological polar surface area (TPSA) is 53.2 Å². The Kier molecular flexibility index (Phi) is 4.84. The van der Waals surface area contributed by atoms with Crippen LogP contribution in [0.25, 0.3) is 0 Å². The van der Waals surface area contributed by atoms with Gasteiger partial charge < -0.3 is 9.88 Å². The molecule has 4 heteroatoms. The van der Waals surface area contributed by atoms with Gasteiger partial charge in [0.2, 0.25) is 11.5 Å². The highest BCUT2D eigenvalue weighted by Crippen LogP contribution is 2.27. The Morgan fingerprint density at radius 2 is 1.92 bits per heavy atom. The van der Waals surface area contributed by atoms with E-state index in [2.05, 4.69) is 37.0 Å². The minimum Gasteiger partial charge on any atom is -0.342 e. The van der Waals surface area contributed by atoms with Gasteiger partial charge >= 0.3 is 0 Å². The van der Waals surface area contributed by atoms with Crippen LogP contribution in [0.3, 0.4) is 0 Å². The molecule has 24 heavy (non-hydrogen) atoms. The summed E-state index contributed by atoms with van der Waals surface area (Å²) >= 11 is 0. The number of aromatic nitrogens is 1. The van der Waals surface area contributed by atoms with Gasteiger partial charge in [0.05, 0.1) is 6.42 Å². The molecule has 1 fully saturated rings. The number of nitrogens with one attached hydrogen (secondary N) is 1. The van der Waals surface area contributed by atoms with Gasteiger partial charge in [-0.3, -0.25) is 9.59 Å². The van der Waals surface area contributed by atoms with E-state index in [4.69, 9.17) is 0 Å². The largest absolute Gasteiger partial charge is 0.342 e. The summed E-state index contributed by atoms with van der Waals surface area (Å²) in [6, 6.07) is 9.92. The molecule has 0 saturated carbocycles. The number of likely N-dealkylation sites (tertiary alicyclic amines) is 1. The van der Waals surface area contributed by atoms with Crippen LogP contribution >= 0.6 is 0 Å². The minimum absolute atomic E-state index is 0.0547. The number of carbonyl (C=O) groups is 1. The van der Waals surface area contributed by atoms with E-state index in [0.29, 0.717) is 12.3 Å². The van der Waals surface area contributed by atoms with E-state index in [9.17, 15) is 9.59 Å². The van der Waals surface area contributed by atoms with Crippen molar-refractivity contribution in [3.05, 3.63) is 69.1 Å². The standard InChI is InChI=1S/C20H24N2O2/c1-14-3-4-15(2)18(11-14)13-20(24)22-9-6-16(7-10-22)17-5-8-21-19(23)12-17/h3-5,8,11-12,16H,6-7,9-10,13H2,1-2H3,(H,21,23). The van der Waals surface area contributed by atoms with E-state index in [1.165, 1.54) is 11.1 Å². The SMILES string of the molecule is Cc1ccc(C)c(CC(=O)N2CCC(c3cc[nH]c(=O)c3)CC2)c1. The molecular weight excluding hydrogens is 300 g/mol. The zero-order valence-electron chi connectivity index (χ0n) is 14.3. The number of H-pyrrole nitrogens is 1. The van der Waals surface area contributed by atoms with Gasteiger partial charge in [0.25, 0.3) is 0 Å². The summed E-state index contributed by atoms with van der Waals surface area (Å²) < 4.78 is 0. The van der Waals surface area contributed by atoms with Gasteiger partial charge in [-0.1, -0.05) is 23.8 Å². The van der Waals surface area contributed by atoms with E-state index in [-0.39, 0.29) is 11.5 Å².